The number of imide groups is 1. The third-order valence-electron chi connectivity index (χ3n) is 5.10. The number of amides is 2. The fourth-order valence-corrected chi connectivity index (χ4v) is 3.80. The molecule has 3 rings (SSSR count). The van der Waals surface area contributed by atoms with Crippen LogP contribution in [0, 0.1) is 5.92 Å². The summed E-state index contributed by atoms with van der Waals surface area (Å²) in [6.45, 7) is 7.59. The van der Waals surface area contributed by atoms with Crippen LogP contribution in [0.2, 0.25) is 0 Å². The number of methoxy groups -OCH3 is 2. The van der Waals surface area contributed by atoms with Crippen molar-refractivity contribution < 1.29 is 19.1 Å². The normalized spacial score (nSPS) is 20.3. The van der Waals surface area contributed by atoms with E-state index in [0.717, 1.165) is 25.9 Å². The van der Waals surface area contributed by atoms with Crippen molar-refractivity contribution in [3.63, 3.8) is 0 Å². The second kappa shape index (κ2) is 7.86. The third-order valence-corrected chi connectivity index (χ3v) is 5.10. The second-order valence-electron chi connectivity index (χ2n) is 7.00. The first-order valence-electron chi connectivity index (χ1n) is 9.20. The van der Waals surface area contributed by atoms with Gasteiger partial charge in [-0.15, -0.1) is 6.58 Å². The quantitative estimate of drug-likeness (QED) is 0.569. The largest absolute Gasteiger partial charge is 0.493 e. The Morgan fingerprint density at radius 2 is 1.93 bits per heavy atom. The van der Waals surface area contributed by atoms with Gasteiger partial charge in [0, 0.05) is 19.6 Å². The molecule has 1 aromatic rings. The predicted octanol–water partition coefficient (Wildman–Crippen LogP) is 2.70. The van der Waals surface area contributed by atoms with Crippen LogP contribution in [0.5, 0.6) is 11.5 Å². The molecule has 1 saturated heterocycles. The summed E-state index contributed by atoms with van der Waals surface area (Å²) in [6.07, 6.45) is 3.71. The lowest BCUT2D eigenvalue weighted by atomic mass is 9.97. The molecule has 1 fully saturated rings. The number of benzene rings is 1. The van der Waals surface area contributed by atoms with E-state index in [0.29, 0.717) is 34.3 Å². The summed E-state index contributed by atoms with van der Waals surface area (Å²) >= 11 is 0. The summed E-state index contributed by atoms with van der Waals surface area (Å²) in [6, 6.07) is 5.31. The van der Waals surface area contributed by atoms with Gasteiger partial charge in [-0.3, -0.25) is 14.5 Å². The number of carbonyl (C=O) groups excluding carboxylic acids is 2. The van der Waals surface area contributed by atoms with Gasteiger partial charge in [0.15, 0.2) is 11.5 Å². The minimum Gasteiger partial charge on any atom is -0.493 e. The van der Waals surface area contributed by atoms with Gasteiger partial charge in [0.1, 0.15) is 5.70 Å². The number of hydrogen-bond acceptors (Lipinski definition) is 5. The molecule has 0 N–H and O–H groups in total. The molecule has 0 aliphatic carbocycles. The number of nitrogens with zero attached hydrogens (tertiary/aromatic N) is 2. The number of ether oxygens (including phenoxy) is 2. The van der Waals surface area contributed by atoms with Crippen LogP contribution in [-0.2, 0) is 9.59 Å². The van der Waals surface area contributed by atoms with E-state index < -0.39 is 0 Å². The second-order valence-corrected chi connectivity index (χ2v) is 7.00. The van der Waals surface area contributed by atoms with E-state index in [4.69, 9.17) is 9.47 Å². The van der Waals surface area contributed by atoms with Crippen LogP contribution in [0.1, 0.15) is 25.3 Å². The van der Waals surface area contributed by atoms with E-state index in [1.54, 1.807) is 38.5 Å². The van der Waals surface area contributed by atoms with Crippen molar-refractivity contribution in [3.8, 4) is 11.5 Å². The molecule has 2 aliphatic heterocycles. The van der Waals surface area contributed by atoms with Crippen LogP contribution in [-0.4, -0.2) is 55.5 Å². The number of hydrogen-bond donors (Lipinski definition) is 0. The zero-order valence-electron chi connectivity index (χ0n) is 16.2. The van der Waals surface area contributed by atoms with Gasteiger partial charge in [0.2, 0.25) is 0 Å². The van der Waals surface area contributed by atoms with Crippen LogP contribution < -0.4 is 9.47 Å². The Balaban J connectivity index is 2.12. The van der Waals surface area contributed by atoms with Crippen LogP contribution in [0.25, 0.3) is 5.57 Å². The average Bonchev–Trinajstić information content (AvgIpc) is 2.92. The molecule has 2 heterocycles. The van der Waals surface area contributed by atoms with Gasteiger partial charge in [0.05, 0.1) is 19.8 Å². The molecule has 27 heavy (non-hydrogen) atoms. The van der Waals surface area contributed by atoms with E-state index in [2.05, 4.69) is 18.4 Å². The Morgan fingerprint density at radius 1 is 1.19 bits per heavy atom. The molecule has 2 amide bonds. The first-order valence-corrected chi connectivity index (χ1v) is 9.20. The molecule has 6 heteroatoms. The van der Waals surface area contributed by atoms with Crippen LogP contribution in [0.15, 0.2) is 36.6 Å². The molecule has 0 aromatic heterocycles. The summed E-state index contributed by atoms with van der Waals surface area (Å²) in [7, 11) is 3.11. The van der Waals surface area contributed by atoms with Crippen LogP contribution in [0.3, 0.4) is 0 Å². The van der Waals surface area contributed by atoms with Gasteiger partial charge in [0.25, 0.3) is 11.8 Å². The van der Waals surface area contributed by atoms with Gasteiger partial charge < -0.3 is 14.4 Å². The zero-order chi connectivity index (χ0) is 19.6. The molecule has 0 spiro atoms. The smallest absolute Gasteiger partial charge is 0.278 e. The fraction of sp³-hybridized carbons (Fsp3) is 0.429. The summed E-state index contributed by atoms with van der Waals surface area (Å²) < 4.78 is 10.7. The maximum atomic E-state index is 13.1. The topological polar surface area (TPSA) is 59.1 Å². The lowest BCUT2D eigenvalue weighted by Gasteiger charge is -2.33. The minimum atomic E-state index is -0.291. The van der Waals surface area contributed by atoms with Crippen molar-refractivity contribution in [1.29, 1.82) is 0 Å². The molecule has 144 valence electrons. The van der Waals surface area contributed by atoms with E-state index in [1.807, 2.05) is 0 Å². The highest BCUT2D eigenvalue weighted by Crippen LogP contribution is 2.37. The molecular formula is C21H26N2O4. The Kier molecular flexibility index (Phi) is 5.54. The monoisotopic (exact) mass is 370 g/mol. The van der Waals surface area contributed by atoms with Crippen molar-refractivity contribution >= 4 is 17.4 Å². The van der Waals surface area contributed by atoms with Crippen molar-refractivity contribution in [2.24, 2.45) is 5.92 Å². The van der Waals surface area contributed by atoms with Gasteiger partial charge >= 0.3 is 0 Å². The Bertz CT molecular complexity index is 799. The maximum absolute atomic E-state index is 13.1. The standard InChI is InChI=1S/C21H26N2O4/c1-5-10-23-20(24)18(15-8-9-16(26-3)17(12-15)27-4)19(21(23)25)22-11-6-7-14(2)13-22/h5,8-9,12,14H,1,6-7,10-11,13H2,2-4H3. The first-order chi connectivity index (χ1) is 13.0. The molecular weight excluding hydrogens is 344 g/mol. The summed E-state index contributed by atoms with van der Waals surface area (Å²) in [5, 5.41) is 0. The number of carbonyl (C=O) groups is 2. The highest BCUT2D eigenvalue weighted by Gasteiger charge is 2.41. The first kappa shape index (κ1) is 19.0. The highest BCUT2D eigenvalue weighted by molar-refractivity contribution is 6.35. The minimum absolute atomic E-state index is 0.196. The lowest BCUT2D eigenvalue weighted by Crippen LogP contribution is -2.39. The van der Waals surface area contributed by atoms with E-state index >= 15 is 0 Å². The van der Waals surface area contributed by atoms with Crippen LogP contribution >= 0.6 is 0 Å². The van der Waals surface area contributed by atoms with Gasteiger partial charge in [-0.2, -0.15) is 0 Å². The summed E-state index contributed by atoms with van der Waals surface area (Å²) in [5.41, 5.74) is 1.57. The summed E-state index contributed by atoms with van der Waals surface area (Å²) in [4.78, 5) is 29.5. The zero-order valence-corrected chi connectivity index (χ0v) is 16.2. The third kappa shape index (κ3) is 3.44. The Labute approximate surface area is 160 Å². The summed E-state index contributed by atoms with van der Waals surface area (Å²) in [5.74, 6) is 1.04. The SMILES string of the molecule is C=CCN1C(=O)C(c2ccc(OC)c(OC)c2)=C(N2CCCC(C)C2)C1=O. The maximum Gasteiger partial charge on any atom is 0.278 e. The fourth-order valence-electron chi connectivity index (χ4n) is 3.80. The Morgan fingerprint density at radius 3 is 2.56 bits per heavy atom. The van der Waals surface area contributed by atoms with Crippen molar-refractivity contribution in [3.05, 3.63) is 42.1 Å². The number of piperidine rings is 1. The Hall–Kier alpha value is -2.76. The van der Waals surface area contributed by atoms with Crippen molar-refractivity contribution in [1.82, 2.24) is 9.80 Å². The van der Waals surface area contributed by atoms with E-state index in [1.165, 1.54) is 4.90 Å². The van der Waals surface area contributed by atoms with Crippen LogP contribution in [0.4, 0.5) is 0 Å². The number of likely N-dealkylation sites (tertiary alicyclic amines) is 1. The van der Waals surface area contributed by atoms with Gasteiger partial charge in [-0.1, -0.05) is 19.1 Å². The molecule has 1 atom stereocenters. The van der Waals surface area contributed by atoms with Crippen molar-refractivity contribution in [2.75, 3.05) is 33.9 Å². The molecule has 1 unspecified atom stereocenters. The van der Waals surface area contributed by atoms with Crippen molar-refractivity contribution in [2.45, 2.75) is 19.8 Å². The van der Waals surface area contributed by atoms with Gasteiger partial charge in [-0.25, -0.2) is 0 Å². The molecule has 2 aliphatic rings. The predicted molar refractivity (Wildman–Crippen MR) is 103 cm³/mol. The molecule has 1 aromatic carbocycles. The number of rotatable bonds is 6. The average molecular weight is 370 g/mol. The molecule has 6 nitrogen and oxygen atoms in total. The molecule has 0 bridgehead atoms. The van der Waals surface area contributed by atoms with E-state index in [9.17, 15) is 9.59 Å². The lowest BCUT2D eigenvalue weighted by molar-refractivity contribution is -0.137. The molecule has 0 radical (unpaired) electrons. The highest BCUT2D eigenvalue weighted by atomic mass is 16.5. The van der Waals surface area contributed by atoms with Gasteiger partial charge in [-0.05, 0) is 36.5 Å². The van der Waals surface area contributed by atoms with E-state index in [-0.39, 0.29) is 18.4 Å². The molecule has 0 saturated carbocycles.